The summed E-state index contributed by atoms with van der Waals surface area (Å²) in [5.74, 6) is 0.113. The summed E-state index contributed by atoms with van der Waals surface area (Å²) < 4.78 is 11.4. The number of nitriles is 1. The third kappa shape index (κ3) is 7.52. The molecule has 11 heteroatoms. The molecule has 11 nitrogen and oxygen atoms in total. The molecule has 34 heavy (non-hydrogen) atoms. The highest BCUT2D eigenvalue weighted by Gasteiger charge is 2.17. The van der Waals surface area contributed by atoms with Crippen molar-refractivity contribution in [2.24, 2.45) is 0 Å². The summed E-state index contributed by atoms with van der Waals surface area (Å²) in [6.07, 6.45) is 4.33. The molecule has 0 unspecified atom stereocenters. The second-order valence-electron chi connectivity index (χ2n) is 7.37. The lowest BCUT2D eigenvalue weighted by molar-refractivity contribution is 0.0990. The Morgan fingerprint density at radius 2 is 1.74 bits per heavy atom. The zero-order valence-corrected chi connectivity index (χ0v) is 18.1. The van der Waals surface area contributed by atoms with Gasteiger partial charge >= 0.3 is 24.0 Å². The minimum atomic E-state index is -1.83. The lowest BCUT2D eigenvalue weighted by atomic mass is 9.98. The van der Waals surface area contributed by atoms with Gasteiger partial charge in [-0.15, -0.1) is 5.10 Å². The molecule has 1 aromatic heterocycles. The van der Waals surface area contributed by atoms with E-state index in [1.54, 1.807) is 36.4 Å². The number of anilines is 3. The van der Waals surface area contributed by atoms with Gasteiger partial charge in [0.05, 0.1) is 17.7 Å². The van der Waals surface area contributed by atoms with Crippen LogP contribution in [0.1, 0.15) is 48.4 Å². The average molecular weight is 465 g/mol. The van der Waals surface area contributed by atoms with Crippen molar-refractivity contribution in [2.45, 2.75) is 38.2 Å². The van der Waals surface area contributed by atoms with E-state index in [1.165, 1.54) is 19.3 Å². The van der Waals surface area contributed by atoms with Crippen LogP contribution in [0.25, 0.3) is 0 Å². The van der Waals surface area contributed by atoms with Crippen LogP contribution in [0.2, 0.25) is 0 Å². The maximum absolute atomic E-state index is 12.4. The summed E-state index contributed by atoms with van der Waals surface area (Å²) in [7, 11) is 0. The standard InChI is InChI=1S/C22H21N5O3.CH2O3/c23-14-15-5-4-6-17(13-15)25-22-27-26-21(30-22)20(28)24-16-9-11-19(12-10-16)29-18-7-2-1-3-8-18;2-1(3)4/h4-6,9-13,18H,1-3,7-8H2,(H,24,28)(H,25,27);(H2,2,3,4). The Labute approximate surface area is 195 Å². The van der Waals surface area contributed by atoms with E-state index in [2.05, 4.69) is 26.9 Å². The number of hydrogen-bond donors (Lipinski definition) is 4. The molecule has 2 aromatic carbocycles. The molecule has 1 aliphatic carbocycles. The van der Waals surface area contributed by atoms with Gasteiger partial charge in [0.15, 0.2) is 0 Å². The number of carboxylic acid groups (broad SMARTS) is 2. The van der Waals surface area contributed by atoms with Crippen molar-refractivity contribution in [2.75, 3.05) is 10.6 Å². The molecule has 0 spiro atoms. The van der Waals surface area contributed by atoms with Crippen LogP contribution < -0.4 is 15.4 Å². The normalized spacial score (nSPS) is 13.0. The van der Waals surface area contributed by atoms with Crippen LogP contribution in [-0.2, 0) is 0 Å². The number of benzene rings is 2. The first kappa shape index (κ1) is 24.1. The lowest BCUT2D eigenvalue weighted by Crippen LogP contribution is -2.19. The maximum Gasteiger partial charge on any atom is 0.503 e. The van der Waals surface area contributed by atoms with Crippen LogP contribution in [0.15, 0.2) is 52.9 Å². The van der Waals surface area contributed by atoms with Crippen molar-refractivity contribution in [1.82, 2.24) is 10.2 Å². The van der Waals surface area contributed by atoms with Gasteiger partial charge < -0.3 is 30.0 Å². The Kier molecular flexibility index (Phi) is 8.40. The van der Waals surface area contributed by atoms with Gasteiger partial charge in [0.2, 0.25) is 0 Å². The molecule has 3 aromatic rings. The van der Waals surface area contributed by atoms with E-state index in [-0.39, 0.29) is 18.0 Å². The highest BCUT2D eigenvalue weighted by molar-refractivity contribution is 6.00. The molecule has 1 aliphatic rings. The number of nitrogens with one attached hydrogen (secondary N) is 2. The molecule has 0 aliphatic heterocycles. The van der Waals surface area contributed by atoms with E-state index in [0.29, 0.717) is 16.9 Å². The first-order valence-corrected chi connectivity index (χ1v) is 10.5. The van der Waals surface area contributed by atoms with Gasteiger partial charge in [-0.2, -0.15) is 5.26 Å². The molecule has 4 rings (SSSR count). The largest absolute Gasteiger partial charge is 0.503 e. The highest BCUT2D eigenvalue weighted by atomic mass is 16.6. The molecular formula is C23H23N5O6. The van der Waals surface area contributed by atoms with Crippen LogP contribution in [0.5, 0.6) is 5.75 Å². The zero-order chi connectivity index (χ0) is 24.3. The molecule has 1 fully saturated rings. The number of carbonyl (C=O) groups excluding carboxylic acids is 1. The van der Waals surface area contributed by atoms with Gasteiger partial charge in [-0.05, 0) is 68.1 Å². The highest BCUT2D eigenvalue weighted by Crippen LogP contribution is 2.24. The Bertz CT molecular complexity index is 1150. The van der Waals surface area contributed by atoms with Gasteiger partial charge in [-0.25, -0.2) is 4.79 Å². The van der Waals surface area contributed by atoms with E-state index in [0.717, 1.165) is 18.6 Å². The van der Waals surface area contributed by atoms with Crippen molar-refractivity contribution in [1.29, 1.82) is 5.26 Å². The molecule has 0 atom stereocenters. The molecule has 1 saturated carbocycles. The van der Waals surface area contributed by atoms with Crippen molar-refractivity contribution < 1.29 is 29.0 Å². The number of rotatable bonds is 6. The smallest absolute Gasteiger partial charge is 0.490 e. The second-order valence-corrected chi connectivity index (χ2v) is 7.37. The number of amides is 1. The van der Waals surface area contributed by atoms with Crippen LogP contribution >= 0.6 is 0 Å². The predicted octanol–water partition coefficient (Wildman–Crippen LogP) is 4.87. The molecular weight excluding hydrogens is 442 g/mol. The molecule has 4 N–H and O–H groups in total. The SMILES string of the molecule is N#Cc1cccc(Nc2nnc(C(=O)Nc3ccc(OC4CCCCC4)cc3)o2)c1.O=C(O)O. The molecule has 0 bridgehead atoms. The Balaban J connectivity index is 0.000000751. The summed E-state index contributed by atoms with van der Waals surface area (Å²) in [5.41, 5.74) is 1.71. The number of carbonyl (C=O) groups is 2. The third-order valence-electron chi connectivity index (χ3n) is 4.83. The second kappa shape index (κ2) is 11.9. The van der Waals surface area contributed by atoms with Crippen molar-refractivity contribution in [3.63, 3.8) is 0 Å². The average Bonchev–Trinajstić information content (AvgIpc) is 3.29. The molecule has 0 radical (unpaired) electrons. The summed E-state index contributed by atoms with van der Waals surface area (Å²) in [4.78, 5) is 20.9. The Hall–Kier alpha value is -4.59. The minimum Gasteiger partial charge on any atom is -0.490 e. The third-order valence-corrected chi connectivity index (χ3v) is 4.83. The topological polar surface area (TPSA) is 171 Å². The fourth-order valence-corrected chi connectivity index (χ4v) is 3.33. The minimum absolute atomic E-state index is 0.0615. The van der Waals surface area contributed by atoms with E-state index >= 15 is 0 Å². The first-order chi connectivity index (χ1) is 16.4. The number of aromatic nitrogens is 2. The fraction of sp³-hybridized carbons (Fsp3) is 0.261. The molecule has 1 amide bonds. The number of hydrogen-bond acceptors (Lipinski definition) is 8. The maximum atomic E-state index is 12.4. The van der Waals surface area contributed by atoms with Crippen LogP contribution in [-0.4, -0.2) is 38.6 Å². The molecule has 0 saturated heterocycles. The fourth-order valence-electron chi connectivity index (χ4n) is 3.33. The van der Waals surface area contributed by atoms with E-state index in [1.807, 2.05) is 12.1 Å². The number of ether oxygens (including phenoxy) is 1. The zero-order valence-electron chi connectivity index (χ0n) is 18.1. The van der Waals surface area contributed by atoms with Gasteiger partial charge in [-0.1, -0.05) is 17.6 Å². The monoisotopic (exact) mass is 465 g/mol. The van der Waals surface area contributed by atoms with Crippen molar-refractivity contribution >= 4 is 29.5 Å². The van der Waals surface area contributed by atoms with Crippen molar-refractivity contribution in [3.05, 3.63) is 60.0 Å². The number of nitrogens with zero attached hydrogens (tertiary/aromatic N) is 3. The Morgan fingerprint density at radius 1 is 1.03 bits per heavy atom. The van der Waals surface area contributed by atoms with Gasteiger partial charge in [0.25, 0.3) is 0 Å². The predicted molar refractivity (Wildman–Crippen MR) is 121 cm³/mol. The summed E-state index contributed by atoms with van der Waals surface area (Å²) in [6.45, 7) is 0. The summed E-state index contributed by atoms with van der Waals surface area (Å²) in [5, 5.41) is 36.1. The van der Waals surface area contributed by atoms with Crippen LogP contribution in [0, 0.1) is 11.3 Å². The van der Waals surface area contributed by atoms with Crippen LogP contribution in [0.3, 0.4) is 0 Å². The van der Waals surface area contributed by atoms with Gasteiger partial charge in [0.1, 0.15) is 5.75 Å². The van der Waals surface area contributed by atoms with Gasteiger partial charge in [0, 0.05) is 11.4 Å². The Morgan fingerprint density at radius 3 is 2.41 bits per heavy atom. The van der Waals surface area contributed by atoms with E-state index in [4.69, 9.17) is 29.4 Å². The van der Waals surface area contributed by atoms with E-state index in [9.17, 15) is 4.79 Å². The van der Waals surface area contributed by atoms with Crippen molar-refractivity contribution in [3.8, 4) is 11.8 Å². The molecule has 1 heterocycles. The van der Waals surface area contributed by atoms with Crippen LogP contribution in [0.4, 0.5) is 22.2 Å². The summed E-state index contributed by atoms with van der Waals surface area (Å²) in [6, 6.07) is 16.2. The first-order valence-electron chi connectivity index (χ1n) is 10.5. The quantitative estimate of drug-likeness (QED) is 0.393. The van der Waals surface area contributed by atoms with Gasteiger partial charge in [-0.3, -0.25) is 4.79 Å². The lowest BCUT2D eigenvalue weighted by Gasteiger charge is -2.23. The van der Waals surface area contributed by atoms with E-state index < -0.39 is 12.1 Å². The molecule has 176 valence electrons. The summed E-state index contributed by atoms with van der Waals surface area (Å²) >= 11 is 0.